The molecule has 0 heterocycles. The van der Waals surface area contributed by atoms with Crippen molar-refractivity contribution in [2.75, 3.05) is 0 Å². The van der Waals surface area contributed by atoms with Crippen LogP contribution >= 0.6 is 0 Å². The van der Waals surface area contributed by atoms with Gasteiger partial charge < -0.3 is 44.6 Å². The number of hydrogen-bond donors (Lipinski definition) is 0. The molecule has 0 aliphatic rings. The molecule has 0 aliphatic heterocycles. The first-order valence-corrected chi connectivity index (χ1v) is 1.82. The van der Waals surface area contributed by atoms with E-state index in [4.69, 9.17) is 19.8 Å². The Hall–Kier alpha value is 1.55. The normalized spacial score (nSPS) is 4.17. The quantitative estimate of drug-likeness (QED) is 0.402. The summed E-state index contributed by atoms with van der Waals surface area (Å²) in [5.41, 5.74) is 0. The maximum atomic E-state index is 8.89. The van der Waals surface area contributed by atoms with Crippen molar-refractivity contribution in [2.45, 2.75) is 13.8 Å². The van der Waals surface area contributed by atoms with Gasteiger partial charge in [-0.2, -0.15) is 0 Å². The van der Waals surface area contributed by atoms with Crippen molar-refractivity contribution in [1.82, 2.24) is 0 Å². The summed E-state index contributed by atoms with van der Waals surface area (Å²) in [5.74, 6) is -2.17. The second-order valence-electron chi connectivity index (χ2n) is 0.983. The van der Waals surface area contributed by atoms with Gasteiger partial charge in [0.15, 0.2) is 0 Å². The Morgan fingerprint density at radius 3 is 0.917 bits per heavy atom. The largest absolute Gasteiger partial charge is 2.00 e. The Bertz CT molecular complexity index is 83.1. The molecule has 0 saturated heterocycles. The molecule has 4 nitrogen and oxygen atoms in total. The topological polar surface area (TPSA) is 80.3 Å². The average molecular weight is 253 g/mol. The van der Waals surface area contributed by atoms with Gasteiger partial charge in [-0.05, 0) is 13.8 Å². The zero-order chi connectivity index (χ0) is 7.15. The van der Waals surface area contributed by atoms with Crippen LogP contribution in [-0.4, -0.2) is 72.7 Å². The smallest absolute Gasteiger partial charge is 1.00 e. The van der Waals surface area contributed by atoms with Crippen molar-refractivity contribution < 1.29 is 44.6 Å². The zero-order valence-corrected chi connectivity index (χ0v) is 11.9. The molecule has 12 heavy (non-hydrogen) atoms. The van der Waals surface area contributed by atoms with E-state index in [1.165, 1.54) is 0 Å². The zero-order valence-electron chi connectivity index (χ0n) is 6.80. The Kier molecular flexibility index (Phi) is 91.7. The van der Waals surface area contributed by atoms with Gasteiger partial charge in [-0.3, -0.25) is 0 Å². The first kappa shape index (κ1) is 37.4. The van der Waals surface area contributed by atoms with Gasteiger partial charge in [-0.15, -0.1) is 0 Å². The molecule has 0 spiro atoms. The minimum Gasteiger partial charge on any atom is -1.00 e. The van der Waals surface area contributed by atoms with Crippen LogP contribution in [0.15, 0.2) is 0 Å². The molecular formula is C4H6CaCl2MgO4. The molecule has 0 rings (SSSR count). The minimum atomic E-state index is -1.08. The van der Waals surface area contributed by atoms with Gasteiger partial charge in [0, 0.05) is 11.9 Å². The van der Waals surface area contributed by atoms with E-state index >= 15 is 0 Å². The predicted octanol–water partition coefficient (Wildman–Crippen LogP) is -9.24. The summed E-state index contributed by atoms with van der Waals surface area (Å²) in [6.07, 6.45) is 0. The third-order valence-electron chi connectivity index (χ3n) is 0. The van der Waals surface area contributed by atoms with E-state index in [-0.39, 0.29) is 85.6 Å². The second kappa shape index (κ2) is 29.4. The van der Waals surface area contributed by atoms with E-state index in [0.29, 0.717) is 0 Å². The number of carboxylic acid groups (broad SMARTS) is 2. The molecule has 0 aromatic rings. The second-order valence-corrected chi connectivity index (χ2v) is 0.983. The number of carbonyl (C=O) groups excluding carboxylic acids is 2. The predicted molar refractivity (Wildman–Crippen MR) is 32.9 cm³/mol. The molecule has 0 saturated carbocycles. The summed E-state index contributed by atoms with van der Waals surface area (Å²) in [4.78, 5) is 17.8. The third-order valence-corrected chi connectivity index (χ3v) is 0. The molecule has 64 valence electrons. The van der Waals surface area contributed by atoms with Crippen molar-refractivity contribution in [2.24, 2.45) is 0 Å². The van der Waals surface area contributed by atoms with Crippen LogP contribution in [-0.2, 0) is 9.59 Å². The van der Waals surface area contributed by atoms with E-state index in [2.05, 4.69) is 0 Å². The molecule has 0 radical (unpaired) electrons. The van der Waals surface area contributed by atoms with E-state index in [1.54, 1.807) is 0 Å². The van der Waals surface area contributed by atoms with Crippen LogP contribution in [0, 0.1) is 0 Å². The van der Waals surface area contributed by atoms with Crippen LogP contribution in [0.2, 0.25) is 0 Å². The van der Waals surface area contributed by atoms with Crippen LogP contribution in [0.4, 0.5) is 0 Å². The van der Waals surface area contributed by atoms with E-state index in [0.717, 1.165) is 13.8 Å². The van der Waals surface area contributed by atoms with Crippen molar-refractivity contribution in [3.05, 3.63) is 0 Å². The number of halogens is 2. The molecule has 8 heteroatoms. The van der Waals surface area contributed by atoms with E-state index in [9.17, 15) is 0 Å². The summed E-state index contributed by atoms with van der Waals surface area (Å²) in [6.45, 7) is 1.94. The summed E-state index contributed by atoms with van der Waals surface area (Å²) >= 11 is 0. The molecule has 0 unspecified atom stereocenters. The maximum absolute atomic E-state index is 8.89. The fraction of sp³-hybridized carbons (Fsp3) is 0.500. The van der Waals surface area contributed by atoms with Crippen molar-refractivity contribution in [3.63, 3.8) is 0 Å². The molecular weight excluding hydrogens is 247 g/mol. The van der Waals surface area contributed by atoms with Crippen LogP contribution < -0.4 is 35.0 Å². The van der Waals surface area contributed by atoms with Crippen LogP contribution in [0.3, 0.4) is 0 Å². The SMILES string of the molecule is CC(=O)[O-].CC(=O)[O-].[Ca+2].[Cl-].[Cl-].[Mg+2]. The molecule has 0 bridgehead atoms. The average Bonchev–Trinajstić information content (AvgIpc) is 1.25. The van der Waals surface area contributed by atoms with E-state index in [1.807, 2.05) is 0 Å². The van der Waals surface area contributed by atoms with Gasteiger partial charge in [0.25, 0.3) is 0 Å². The molecule has 0 aromatic heterocycles. The number of carboxylic acids is 2. The molecule has 0 aliphatic carbocycles. The van der Waals surface area contributed by atoms with Crippen LogP contribution in [0.1, 0.15) is 13.8 Å². The van der Waals surface area contributed by atoms with Crippen molar-refractivity contribution >= 4 is 72.7 Å². The Morgan fingerprint density at radius 2 is 0.917 bits per heavy atom. The fourth-order valence-corrected chi connectivity index (χ4v) is 0. The van der Waals surface area contributed by atoms with Gasteiger partial charge in [-0.25, -0.2) is 0 Å². The third kappa shape index (κ3) is 537. The summed E-state index contributed by atoms with van der Waals surface area (Å²) in [5, 5.41) is 17.8. The molecule has 0 fully saturated rings. The van der Waals surface area contributed by atoms with Gasteiger partial charge in [0.1, 0.15) is 0 Å². The summed E-state index contributed by atoms with van der Waals surface area (Å²) < 4.78 is 0. The van der Waals surface area contributed by atoms with Crippen LogP contribution in [0.25, 0.3) is 0 Å². The number of carbonyl (C=O) groups is 2. The van der Waals surface area contributed by atoms with Gasteiger partial charge >= 0.3 is 60.8 Å². The first-order valence-electron chi connectivity index (χ1n) is 1.82. The molecule has 0 atom stereocenters. The number of rotatable bonds is 0. The number of aliphatic carboxylic acids is 2. The van der Waals surface area contributed by atoms with Gasteiger partial charge in [-0.1, -0.05) is 0 Å². The number of hydrogen-bond acceptors (Lipinski definition) is 4. The monoisotopic (exact) mass is 252 g/mol. The molecule has 0 aromatic carbocycles. The molecule has 0 amide bonds. The summed E-state index contributed by atoms with van der Waals surface area (Å²) in [6, 6.07) is 0. The maximum Gasteiger partial charge on any atom is 2.00 e. The first-order chi connectivity index (χ1) is 3.46. The Morgan fingerprint density at radius 1 is 0.917 bits per heavy atom. The Labute approximate surface area is 129 Å². The Balaban J connectivity index is -0.0000000112. The van der Waals surface area contributed by atoms with Crippen LogP contribution in [0.5, 0.6) is 0 Å². The standard InChI is InChI=1S/2C2H4O2.Ca.2ClH.Mg/c2*1-2(3)4;;;;/h2*1H3,(H,3,4);;2*1H;/q;;+2;;;+2/p-4. The summed E-state index contributed by atoms with van der Waals surface area (Å²) in [7, 11) is 0. The van der Waals surface area contributed by atoms with Crippen molar-refractivity contribution in [1.29, 1.82) is 0 Å². The minimum absolute atomic E-state index is 0. The van der Waals surface area contributed by atoms with Gasteiger partial charge in [0.2, 0.25) is 0 Å². The van der Waals surface area contributed by atoms with Crippen molar-refractivity contribution in [3.8, 4) is 0 Å². The van der Waals surface area contributed by atoms with E-state index < -0.39 is 11.9 Å². The molecule has 0 N–H and O–H groups in total. The van der Waals surface area contributed by atoms with Gasteiger partial charge in [0.05, 0.1) is 0 Å². The fourth-order valence-electron chi connectivity index (χ4n) is 0.